The fourth-order valence-electron chi connectivity index (χ4n) is 2.55. The Morgan fingerprint density at radius 2 is 2.06 bits per heavy atom. The van der Waals surface area contributed by atoms with Gasteiger partial charge in [0.05, 0.1) is 7.11 Å². The molecule has 0 radical (unpaired) electrons. The molecule has 0 spiro atoms. The van der Waals surface area contributed by atoms with Crippen LogP contribution in [0.15, 0.2) is 24.3 Å². The summed E-state index contributed by atoms with van der Waals surface area (Å²) in [5.41, 5.74) is 1.38. The van der Waals surface area contributed by atoms with Gasteiger partial charge >= 0.3 is 0 Å². The summed E-state index contributed by atoms with van der Waals surface area (Å²) in [5, 5.41) is 4.56. The van der Waals surface area contributed by atoms with E-state index in [0.717, 1.165) is 30.0 Å². The SMILES string of the molecule is COc1ccc(CCNC2CCC(SC)C2)cc1. The molecule has 2 atom stereocenters. The zero-order valence-corrected chi connectivity index (χ0v) is 12.1. The van der Waals surface area contributed by atoms with E-state index in [1.54, 1.807) is 7.11 Å². The Bertz CT molecular complexity index is 352. The molecule has 1 aromatic rings. The van der Waals surface area contributed by atoms with Crippen LogP contribution in [0.5, 0.6) is 5.75 Å². The quantitative estimate of drug-likeness (QED) is 0.854. The van der Waals surface area contributed by atoms with Gasteiger partial charge in [-0.25, -0.2) is 0 Å². The Morgan fingerprint density at radius 3 is 2.67 bits per heavy atom. The molecule has 0 saturated heterocycles. The first kappa shape index (κ1) is 13.8. The number of rotatable bonds is 6. The Kier molecular flexibility index (Phi) is 5.39. The van der Waals surface area contributed by atoms with Gasteiger partial charge in [-0.2, -0.15) is 11.8 Å². The first-order valence-electron chi connectivity index (χ1n) is 6.71. The normalized spacial score (nSPS) is 23.2. The van der Waals surface area contributed by atoms with Gasteiger partial charge in [-0.1, -0.05) is 12.1 Å². The van der Waals surface area contributed by atoms with Crippen molar-refractivity contribution in [1.82, 2.24) is 5.32 Å². The molecule has 1 aliphatic carbocycles. The van der Waals surface area contributed by atoms with Crippen LogP contribution in [0.1, 0.15) is 24.8 Å². The summed E-state index contributed by atoms with van der Waals surface area (Å²) in [4.78, 5) is 0. The van der Waals surface area contributed by atoms with Crippen LogP contribution < -0.4 is 10.1 Å². The predicted octanol–water partition coefficient (Wildman–Crippen LogP) is 3.11. The van der Waals surface area contributed by atoms with E-state index in [1.807, 2.05) is 23.9 Å². The second kappa shape index (κ2) is 7.05. The zero-order chi connectivity index (χ0) is 12.8. The van der Waals surface area contributed by atoms with Gasteiger partial charge in [-0.15, -0.1) is 0 Å². The zero-order valence-electron chi connectivity index (χ0n) is 11.3. The van der Waals surface area contributed by atoms with Gasteiger partial charge < -0.3 is 10.1 Å². The van der Waals surface area contributed by atoms with Crippen LogP contribution in [0.4, 0.5) is 0 Å². The number of hydrogen-bond donors (Lipinski definition) is 1. The molecular formula is C15H23NOS. The van der Waals surface area contributed by atoms with Gasteiger partial charge in [0.25, 0.3) is 0 Å². The smallest absolute Gasteiger partial charge is 0.118 e. The Morgan fingerprint density at radius 1 is 1.28 bits per heavy atom. The standard InChI is InChI=1S/C15H23NOS/c1-17-14-6-3-12(4-7-14)9-10-16-13-5-8-15(11-13)18-2/h3-4,6-7,13,15-16H,5,8-11H2,1-2H3. The third kappa shape index (κ3) is 3.92. The summed E-state index contributed by atoms with van der Waals surface area (Å²) in [6.07, 6.45) is 7.38. The molecule has 2 rings (SSSR count). The lowest BCUT2D eigenvalue weighted by atomic mass is 10.1. The van der Waals surface area contributed by atoms with Crippen molar-refractivity contribution in [3.63, 3.8) is 0 Å². The molecule has 1 aliphatic rings. The third-order valence-electron chi connectivity index (χ3n) is 3.72. The molecule has 3 heteroatoms. The lowest BCUT2D eigenvalue weighted by Gasteiger charge is -2.12. The molecule has 1 N–H and O–H groups in total. The van der Waals surface area contributed by atoms with Crippen molar-refractivity contribution >= 4 is 11.8 Å². The summed E-state index contributed by atoms with van der Waals surface area (Å²) in [6, 6.07) is 9.11. The minimum absolute atomic E-state index is 0.737. The lowest BCUT2D eigenvalue weighted by Crippen LogP contribution is -2.28. The van der Waals surface area contributed by atoms with E-state index in [-0.39, 0.29) is 0 Å². The maximum absolute atomic E-state index is 5.16. The van der Waals surface area contributed by atoms with Gasteiger partial charge in [0.15, 0.2) is 0 Å². The fourth-order valence-corrected chi connectivity index (χ4v) is 3.35. The van der Waals surface area contributed by atoms with Crippen LogP contribution in [0, 0.1) is 0 Å². The summed E-state index contributed by atoms with van der Waals surface area (Å²) >= 11 is 2.02. The van der Waals surface area contributed by atoms with E-state index >= 15 is 0 Å². The molecular weight excluding hydrogens is 242 g/mol. The van der Waals surface area contributed by atoms with Gasteiger partial charge in [-0.3, -0.25) is 0 Å². The second-order valence-electron chi connectivity index (χ2n) is 4.92. The summed E-state index contributed by atoms with van der Waals surface area (Å²) in [7, 11) is 1.71. The number of hydrogen-bond acceptors (Lipinski definition) is 3. The van der Waals surface area contributed by atoms with E-state index in [9.17, 15) is 0 Å². The molecule has 0 bridgehead atoms. The van der Waals surface area contributed by atoms with Crippen molar-refractivity contribution in [3.8, 4) is 5.75 Å². The van der Waals surface area contributed by atoms with Gasteiger partial charge in [0.1, 0.15) is 5.75 Å². The summed E-state index contributed by atoms with van der Waals surface area (Å²) in [6.45, 7) is 1.08. The molecule has 1 aromatic carbocycles. The largest absolute Gasteiger partial charge is 0.497 e. The lowest BCUT2D eigenvalue weighted by molar-refractivity contribution is 0.414. The van der Waals surface area contributed by atoms with Gasteiger partial charge in [-0.05, 0) is 56.2 Å². The van der Waals surface area contributed by atoms with E-state index in [1.165, 1.54) is 24.8 Å². The highest BCUT2D eigenvalue weighted by atomic mass is 32.2. The molecule has 0 amide bonds. The third-order valence-corrected chi connectivity index (χ3v) is 4.82. The van der Waals surface area contributed by atoms with Crippen molar-refractivity contribution in [2.24, 2.45) is 0 Å². The minimum atomic E-state index is 0.737. The fraction of sp³-hybridized carbons (Fsp3) is 0.600. The number of nitrogens with one attached hydrogen (secondary N) is 1. The highest BCUT2D eigenvalue weighted by Gasteiger charge is 2.22. The predicted molar refractivity (Wildman–Crippen MR) is 79.6 cm³/mol. The molecule has 2 unspecified atom stereocenters. The Labute approximate surface area is 114 Å². The molecule has 18 heavy (non-hydrogen) atoms. The highest BCUT2D eigenvalue weighted by molar-refractivity contribution is 7.99. The molecule has 0 aromatic heterocycles. The minimum Gasteiger partial charge on any atom is -0.497 e. The number of methoxy groups -OCH3 is 1. The van der Waals surface area contributed by atoms with E-state index in [0.29, 0.717) is 0 Å². The van der Waals surface area contributed by atoms with E-state index in [4.69, 9.17) is 4.74 Å². The maximum Gasteiger partial charge on any atom is 0.118 e. The van der Waals surface area contributed by atoms with Crippen LogP contribution in [-0.4, -0.2) is 31.2 Å². The summed E-state index contributed by atoms with van der Waals surface area (Å²) < 4.78 is 5.16. The maximum atomic E-state index is 5.16. The van der Waals surface area contributed by atoms with Crippen molar-refractivity contribution < 1.29 is 4.74 Å². The monoisotopic (exact) mass is 265 g/mol. The molecule has 100 valence electrons. The number of thioether (sulfide) groups is 1. The number of ether oxygens (including phenoxy) is 1. The topological polar surface area (TPSA) is 21.3 Å². The summed E-state index contributed by atoms with van der Waals surface area (Å²) in [5.74, 6) is 0.935. The first-order chi connectivity index (χ1) is 8.81. The van der Waals surface area contributed by atoms with Crippen LogP contribution in [0.3, 0.4) is 0 Å². The molecule has 0 heterocycles. The van der Waals surface area contributed by atoms with Crippen molar-refractivity contribution in [2.45, 2.75) is 37.0 Å². The van der Waals surface area contributed by atoms with Crippen molar-refractivity contribution in [2.75, 3.05) is 19.9 Å². The second-order valence-corrected chi connectivity index (χ2v) is 6.06. The van der Waals surface area contributed by atoms with E-state index in [2.05, 4.69) is 23.7 Å². The molecule has 0 aliphatic heterocycles. The van der Waals surface area contributed by atoms with Gasteiger partial charge in [0.2, 0.25) is 0 Å². The Balaban J connectivity index is 1.68. The first-order valence-corrected chi connectivity index (χ1v) is 7.99. The van der Waals surface area contributed by atoms with Crippen LogP contribution >= 0.6 is 11.8 Å². The van der Waals surface area contributed by atoms with Crippen LogP contribution in [-0.2, 0) is 6.42 Å². The average molecular weight is 265 g/mol. The van der Waals surface area contributed by atoms with Crippen molar-refractivity contribution in [3.05, 3.63) is 29.8 Å². The molecule has 1 fully saturated rings. The Hall–Kier alpha value is -0.670. The van der Waals surface area contributed by atoms with Gasteiger partial charge in [0, 0.05) is 11.3 Å². The highest BCUT2D eigenvalue weighted by Crippen LogP contribution is 2.28. The molecule has 2 nitrogen and oxygen atoms in total. The van der Waals surface area contributed by atoms with Crippen LogP contribution in [0.25, 0.3) is 0 Å². The molecule has 1 saturated carbocycles. The number of benzene rings is 1. The average Bonchev–Trinajstić information content (AvgIpc) is 2.87. The van der Waals surface area contributed by atoms with Crippen molar-refractivity contribution in [1.29, 1.82) is 0 Å². The van der Waals surface area contributed by atoms with Crippen LogP contribution in [0.2, 0.25) is 0 Å². The van der Waals surface area contributed by atoms with E-state index < -0.39 is 0 Å².